The Balaban J connectivity index is 2.09. The van der Waals surface area contributed by atoms with Gasteiger partial charge in [-0.15, -0.1) is 0 Å². The molecule has 2 aliphatic rings. The number of carbonyl (C=O) groups is 2. The second-order valence-corrected chi connectivity index (χ2v) is 7.26. The number of nitrogens with one attached hydrogen (secondary N) is 1. The predicted molar refractivity (Wildman–Crippen MR) is 83.5 cm³/mol. The van der Waals surface area contributed by atoms with Crippen LogP contribution in [0.2, 0.25) is 0 Å². The molecule has 2 N–H and O–H groups in total. The summed E-state index contributed by atoms with van der Waals surface area (Å²) >= 11 is 0. The molecule has 5 nitrogen and oxygen atoms in total. The van der Waals surface area contributed by atoms with Gasteiger partial charge in [-0.1, -0.05) is 39.5 Å². The molecule has 0 aromatic carbocycles. The van der Waals surface area contributed by atoms with Gasteiger partial charge in [0.25, 0.3) is 0 Å². The number of rotatable bonds is 5. The Labute approximate surface area is 132 Å². The van der Waals surface area contributed by atoms with Crippen LogP contribution >= 0.6 is 0 Å². The predicted octanol–water partition coefficient (Wildman–Crippen LogP) is 2.73. The standard InChI is InChI=1S/C17H29NO4/c1-4-22-13-11-17(15(20)21,16(13,2)3)18-14(19)12-9-7-5-6-8-10-12/h12-13H,4-11H2,1-3H3,(H,18,19)(H,20,21). The van der Waals surface area contributed by atoms with Gasteiger partial charge in [0, 0.05) is 24.4 Å². The van der Waals surface area contributed by atoms with E-state index in [1.807, 2.05) is 20.8 Å². The summed E-state index contributed by atoms with van der Waals surface area (Å²) in [6, 6.07) is 0. The first kappa shape index (κ1) is 17.3. The molecule has 0 spiro atoms. The Morgan fingerprint density at radius 3 is 2.23 bits per heavy atom. The summed E-state index contributed by atoms with van der Waals surface area (Å²) in [4.78, 5) is 24.5. The highest BCUT2D eigenvalue weighted by atomic mass is 16.5. The molecule has 2 aliphatic carbocycles. The first-order valence-corrected chi connectivity index (χ1v) is 8.52. The number of carboxylic acids is 1. The quantitative estimate of drug-likeness (QED) is 0.766. The average molecular weight is 311 g/mol. The van der Waals surface area contributed by atoms with Crippen LogP contribution in [0.1, 0.15) is 65.7 Å². The Kier molecular flexibility index (Phi) is 5.15. The van der Waals surface area contributed by atoms with E-state index in [-0.39, 0.29) is 17.9 Å². The largest absolute Gasteiger partial charge is 0.479 e. The van der Waals surface area contributed by atoms with Gasteiger partial charge in [-0.2, -0.15) is 0 Å². The van der Waals surface area contributed by atoms with E-state index in [1.54, 1.807) is 0 Å². The number of carboxylic acid groups (broad SMARTS) is 1. The molecular formula is C17H29NO4. The summed E-state index contributed by atoms with van der Waals surface area (Å²) in [7, 11) is 0. The van der Waals surface area contributed by atoms with Crippen molar-refractivity contribution in [1.82, 2.24) is 5.32 Å². The molecule has 0 saturated heterocycles. The van der Waals surface area contributed by atoms with Gasteiger partial charge in [-0.05, 0) is 19.8 Å². The maximum Gasteiger partial charge on any atom is 0.330 e. The van der Waals surface area contributed by atoms with Gasteiger partial charge in [0.05, 0.1) is 6.10 Å². The van der Waals surface area contributed by atoms with Crippen molar-refractivity contribution in [3.8, 4) is 0 Å². The Bertz CT molecular complexity index is 426. The van der Waals surface area contributed by atoms with Crippen LogP contribution in [0, 0.1) is 11.3 Å². The Morgan fingerprint density at radius 1 is 1.18 bits per heavy atom. The van der Waals surface area contributed by atoms with Gasteiger partial charge in [0.1, 0.15) is 5.54 Å². The van der Waals surface area contributed by atoms with Crippen LogP contribution in [-0.2, 0) is 14.3 Å². The molecule has 0 heterocycles. The molecule has 2 unspecified atom stereocenters. The minimum Gasteiger partial charge on any atom is -0.479 e. The summed E-state index contributed by atoms with van der Waals surface area (Å²) in [5.74, 6) is -1.08. The van der Waals surface area contributed by atoms with Crippen LogP contribution in [-0.4, -0.2) is 35.2 Å². The number of hydrogen-bond donors (Lipinski definition) is 2. The Hall–Kier alpha value is -1.10. The molecular weight excluding hydrogens is 282 g/mol. The molecule has 0 aromatic heterocycles. The van der Waals surface area contributed by atoms with Crippen molar-refractivity contribution < 1.29 is 19.4 Å². The number of carbonyl (C=O) groups excluding carboxylic acids is 1. The van der Waals surface area contributed by atoms with Gasteiger partial charge in [-0.3, -0.25) is 4.79 Å². The number of hydrogen-bond acceptors (Lipinski definition) is 3. The maximum absolute atomic E-state index is 12.6. The number of amides is 1. The molecule has 1 amide bonds. The van der Waals surface area contributed by atoms with E-state index in [0.717, 1.165) is 25.7 Å². The van der Waals surface area contributed by atoms with Crippen molar-refractivity contribution in [2.45, 2.75) is 77.4 Å². The molecule has 2 fully saturated rings. The highest BCUT2D eigenvalue weighted by molar-refractivity contribution is 5.90. The zero-order valence-electron chi connectivity index (χ0n) is 14.0. The van der Waals surface area contributed by atoms with Crippen LogP contribution in [0.5, 0.6) is 0 Å². The summed E-state index contributed by atoms with van der Waals surface area (Å²) in [6.45, 7) is 6.21. The van der Waals surface area contributed by atoms with Crippen molar-refractivity contribution in [3.05, 3.63) is 0 Å². The molecule has 2 saturated carbocycles. The smallest absolute Gasteiger partial charge is 0.330 e. The topological polar surface area (TPSA) is 75.6 Å². The van der Waals surface area contributed by atoms with Crippen LogP contribution < -0.4 is 5.32 Å². The van der Waals surface area contributed by atoms with Gasteiger partial charge in [-0.25, -0.2) is 4.79 Å². The van der Waals surface area contributed by atoms with E-state index in [0.29, 0.717) is 13.0 Å². The van der Waals surface area contributed by atoms with Crippen LogP contribution in [0.15, 0.2) is 0 Å². The minimum atomic E-state index is -1.20. The van der Waals surface area contributed by atoms with Crippen LogP contribution in [0.4, 0.5) is 0 Å². The molecule has 22 heavy (non-hydrogen) atoms. The molecule has 2 rings (SSSR count). The van der Waals surface area contributed by atoms with E-state index < -0.39 is 16.9 Å². The molecule has 0 radical (unpaired) electrons. The maximum atomic E-state index is 12.6. The average Bonchev–Trinajstić information content (AvgIpc) is 2.74. The molecule has 5 heteroatoms. The molecule has 2 atom stereocenters. The second kappa shape index (κ2) is 6.57. The van der Waals surface area contributed by atoms with Gasteiger partial charge in [0.15, 0.2) is 0 Å². The first-order valence-electron chi connectivity index (χ1n) is 8.52. The van der Waals surface area contributed by atoms with E-state index in [2.05, 4.69) is 5.32 Å². The lowest BCUT2D eigenvalue weighted by Crippen LogP contribution is -2.76. The monoisotopic (exact) mass is 311 g/mol. The minimum absolute atomic E-state index is 0.0410. The lowest BCUT2D eigenvalue weighted by molar-refractivity contribution is -0.195. The third-order valence-corrected chi connectivity index (χ3v) is 5.69. The third-order valence-electron chi connectivity index (χ3n) is 5.69. The Morgan fingerprint density at radius 2 is 1.77 bits per heavy atom. The summed E-state index contributed by atoms with van der Waals surface area (Å²) in [5.41, 5.74) is -1.80. The second-order valence-electron chi connectivity index (χ2n) is 7.26. The van der Waals surface area contributed by atoms with Crippen molar-refractivity contribution in [2.75, 3.05) is 6.61 Å². The van der Waals surface area contributed by atoms with E-state index in [1.165, 1.54) is 12.8 Å². The van der Waals surface area contributed by atoms with Crippen LogP contribution in [0.25, 0.3) is 0 Å². The van der Waals surface area contributed by atoms with Gasteiger partial charge < -0.3 is 15.2 Å². The van der Waals surface area contributed by atoms with Crippen molar-refractivity contribution in [3.63, 3.8) is 0 Å². The molecule has 0 aromatic rings. The fourth-order valence-electron chi connectivity index (χ4n) is 3.89. The molecule has 0 aliphatic heterocycles. The third kappa shape index (κ3) is 2.87. The summed E-state index contributed by atoms with van der Waals surface area (Å²) < 4.78 is 5.63. The number of ether oxygens (including phenoxy) is 1. The molecule has 126 valence electrons. The fraction of sp³-hybridized carbons (Fsp3) is 0.882. The van der Waals surface area contributed by atoms with Gasteiger partial charge >= 0.3 is 5.97 Å². The van der Waals surface area contributed by atoms with E-state index in [9.17, 15) is 14.7 Å². The molecule has 0 bridgehead atoms. The summed E-state index contributed by atoms with van der Waals surface area (Å²) in [5, 5.41) is 12.6. The fourth-order valence-corrected chi connectivity index (χ4v) is 3.89. The number of aliphatic carboxylic acids is 1. The lowest BCUT2D eigenvalue weighted by Gasteiger charge is -2.58. The van der Waals surface area contributed by atoms with Crippen molar-refractivity contribution >= 4 is 11.9 Å². The van der Waals surface area contributed by atoms with E-state index >= 15 is 0 Å². The highest BCUT2D eigenvalue weighted by Crippen LogP contribution is 2.51. The van der Waals surface area contributed by atoms with Crippen molar-refractivity contribution in [1.29, 1.82) is 0 Å². The van der Waals surface area contributed by atoms with Crippen molar-refractivity contribution in [2.24, 2.45) is 11.3 Å². The summed E-state index contributed by atoms with van der Waals surface area (Å²) in [6.07, 6.45) is 6.43. The van der Waals surface area contributed by atoms with Crippen LogP contribution in [0.3, 0.4) is 0 Å². The first-order chi connectivity index (χ1) is 10.3. The highest BCUT2D eigenvalue weighted by Gasteiger charge is 2.66. The normalized spacial score (nSPS) is 31.9. The zero-order valence-corrected chi connectivity index (χ0v) is 14.0. The SMILES string of the molecule is CCOC1CC(NC(=O)C2CCCCCC2)(C(=O)O)C1(C)C. The van der Waals surface area contributed by atoms with Gasteiger partial charge in [0.2, 0.25) is 5.91 Å². The lowest BCUT2D eigenvalue weighted by atomic mass is 9.54. The zero-order chi connectivity index (χ0) is 16.4. The van der Waals surface area contributed by atoms with E-state index in [4.69, 9.17) is 4.74 Å².